The van der Waals surface area contributed by atoms with E-state index in [0.29, 0.717) is 31.1 Å². The van der Waals surface area contributed by atoms with Crippen molar-refractivity contribution < 1.29 is 19.0 Å². The summed E-state index contributed by atoms with van der Waals surface area (Å²) >= 11 is 0. The molecule has 0 N–H and O–H groups in total. The number of ether oxygens (including phenoxy) is 3. The fraction of sp³-hybridized carbons (Fsp3) is 0.458. The highest BCUT2D eigenvalue weighted by atomic mass is 28.3. The molecule has 1 heterocycles. The first kappa shape index (κ1) is 21.7. The van der Waals surface area contributed by atoms with E-state index >= 15 is 0 Å². The third-order valence-corrected chi connectivity index (χ3v) is 10.6. The van der Waals surface area contributed by atoms with Crippen molar-refractivity contribution in [2.75, 3.05) is 13.7 Å². The van der Waals surface area contributed by atoms with Crippen LogP contribution in [0.4, 0.5) is 0 Å². The lowest BCUT2D eigenvalue weighted by molar-refractivity contribution is -0.144. The molecule has 0 unspecified atom stereocenters. The summed E-state index contributed by atoms with van der Waals surface area (Å²) in [5, 5.41) is 1.39. The van der Waals surface area contributed by atoms with E-state index in [9.17, 15) is 4.79 Å². The summed E-state index contributed by atoms with van der Waals surface area (Å²) < 4.78 is 17.4. The van der Waals surface area contributed by atoms with E-state index in [-0.39, 0.29) is 18.2 Å². The Bertz CT molecular complexity index is 778. The van der Waals surface area contributed by atoms with Crippen molar-refractivity contribution in [3.05, 3.63) is 66.2 Å². The molecule has 1 saturated heterocycles. The van der Waals surface area contributed by atoms with E-state index in [1.54, 1.807) is 0 Å². The smallest absolute Gasteiger partial charge is 0.308 e. The first-order chi connectivity index (χ1) is 13.9. The maximum atomic E-state index is 12.1. The fourth-order valence-electron chi connectivity index (χ4n) is 4.67. The Labute approximate surface area is 175 Å². The normalized spacial score (nSPS) is 24.4. The van der Waals surface area contributed by atoms with E-state index in [0.717, 1.165) is 5.56 Å². The van der Waals surface area contributed by atoms with Crippen LogP contribution < -0.4 is 5.19 Å². The first-order valence-corrected chi connectivity index (χ1v) is 13.4. The van der Waals surface area contributed by atoms with Crippen molar-refractivity contribution in [1.29, 1.82) is 0 Å². The minimum absolute atomic E-state index is 0.0196. The van der Waals surface area contributed by atoms with Crippen LogP contribution in [0.2, 0.25) is 18.6 Å². The number of methoxy groups -OCH3 is 1. The largest absolute Gasteiger partial charge is 0.469 e. The zero-order valence-corrected chi connectivity index (χ0v) is 18.8. The molecule has 0 spiro atoms. The number of esters is 1. The topological polar surface area (TPSA) is 44.8 Å². The van der Waals surface area contributed by atoms with Crippen molar-refractivity contribution >= 4 is 19.2 Å². The molecule has 0 radical (unpaired) electrons. The van der Waals surface area contributed by atoms with Crippen LogP contribution in [0.25, 0.3) is 0 Å². The van der Waals surface area contributed by atoms with Crippen LogP contribution in [0, 0.1) is 5.92 Å². The first-order valence-electron chi connectivity index (χ1n) is 10.3. The van der Waals surface area contributed by atoms with Gasteiger partial charge in [0.15, 0.2) is 0 Å². The van der Waals surface area contributed by atoms with Gasteiger partial charge in [0.05, 0.1) is 47.0 Å². The summed E-state index contributed by atoms with van der Waals surface area (Å²) in [5.74, 6) is 0.0956. The average molecular weight is 413 g/mol. The molecule has 3 rings (SSSR count). The molecule has 0 amide bonds. The maximum absolute atomic E-state index is 12.1. The summed E-state index contributed by atoms with van der Waals surface area (Å²) in [4.78, 5) is 12.1. The number of hydrogen-bond acceptors (Lipinski definition) is 4. The van der Waals surface area contributed by atoms with Crippen LogP contribution in [0.15, 0.2) is 60.7 Å². The van der Waals surface area contributed by atoms with E-state index in [1.165, 1.54) is 12.3 Å². The third kappa shape index (κ3) is 5.16. The van der Waals surface area contributed by atoms with Gasteiger partial charge in [-0.25, -0.2) is 0 Å². The van der Waals surface area contributed by atoms with Crippen molar-refractivity contribution in [3.8, 4) is 0 Å². The Hall–Kier alpha value is -1.95. The van der Waals surface area contributed by atoms with Gasteiger partial charge in [-0.1, -0.05) is 85.9 Å². The van der Waals surface area contributed by atoms with Gasteiger partial charge in [-0.3, -0.25) is 4.79 Å². The predicted octanol–water partition coefficient (Wildman–Crippen LogP) is 4.16. The monoisotopic (exact) mass is 412 g/mol. The van der Waals surface area contributed by atoms with Crippen molar-refractivity contribution in [1.82, 2.24) is 0 Å². The van der Waals surface area contributed by atoms with Gasteiger partial charge in [0.2, 0.25) is 0 Å². The van der Waals surface area contributed by atoms with E-state index in [2.05, 4.69) is 62.5 Å². The molecule has 0 bridgehead atoms. The number of carbonyl (C=O) groups excluding carboxylic acids is 1. The highest BCUT2D eigenvalue weighted by Crippen LogP contribution is 2.45. The van der Waals surface area contributed by atoms with Crippen LogP contribution in [0.5, 0.6) is 0 Å². The fourth-order valence-corrected chi connectivity index (χ4v) is 8.76. The van der Waals surface area contributed by atoms with E-state index in [1.807, 2.05) is 18.2 Å². The SMILES string of the molecule is COC(=O)C[C@H]1O[C@H](COCc2ccccc2)[C@@H](C)[C@@H]1[Si](C)(C)c1ccccc1. The quantitative estimate of drug-likeness (QED) is 0.482. The molecule has 5 heteroatoms. The summed E-state index contributed by atoms with van der Waals surface area (Å²) in [5.41, 5.74) is 1.47. The number of carbonyl (C=O) groups is 1. The van der Waals surface area contributed by atoms with Crippen LogP contribution in [-0.4, -0.2) is 40.0 Å². The maximum Gasteiger partial charge on any atom is 0.308 e. The zero-order chi connectivity index (χ0) is 20.9. The van der Waals surface area contributed by atoms with Crippen molar-refractivity contribution in [2.24, 2.45) is 5.92 Å². The van der Waals surface area contributed by atoms with Gasteiger partial charge in [-0.05, 0) is 17.0 Å². The summed E-state index contributed by atoms with van der Waals surface area (Å²) in [7, 11) is -0.445. The molecule has 29 heavy (non-hydrogen) atoms. The molecule has 1 aliphatic heterocycles. The van der Waals surface area contributed by atoms with Gasteiger partial charge in [0.1, 0.15) is 0 Å². The van der Waals surface area contributed by atoms with Crippen LogP contribution in [0.1, 0.15) is 18.9 Å². The van der Waals surface area contributed by atoms with Gasteiger partial charge in [0, 0.05) is 0 Å². The molecule has 0 saturated carbocycles. The Balaban J connectivity index is 1.74. The summed E-state index contributed by atoms with van der Waals surface area (Å²) in [6.45, 7) is 8.10. The standard InChI is InChI=1S/C24H32O4Si/c1-18-22(17-27-16-19-11-7-5-8-12-19)28-21(15-23(25)26-2)24(18)29(3,4)20-13-9-6-10-14-20/h5-14,18,21-22,24H,15-17H2,1-4H3/t18-,21-,22-,24+/m1/s1. The van der Waals surface area contributed by atoms with Gasteiger partial charge < -0.3 is 14.2 Å². The summed E-state index contributed by atoms with van der Waals surface area (Å²) in [6, 6.07) is 20.8. The molecule has 0 aliphatic carbocycles. The third-order valence-electron chi connectivity index (χ3n) is 6.24. The van der Waals surface area contributed by atoms with Crippen LogP contribution in [-0.2, 0) is 25.6 Å². The molecule has 156 valence electrons. The highest BCUT2D eigenvalue weighted by molar-refractivity contribution is 6.91. The molecule has 4 atom stereocenters. The minimum Gasteiger partial charge on any atom is -0.469 e. The second kappa shape index (κ2) is 9.70. The molecule has 2 aromatic carbocycles. The second-order valence-electron chi connectivity index (χ2n) is 8.47. The van der Waals surface area contributed by atoms with E-state index in [4.69, 9.17) is 14.2 Å². The van der Waals surface area contributed by atoms with Crippen molar-refractivity contribution in [3.63, 3.8) is 0 Å². The number of hydrogen-bond donors (Lipinski definition) is 0. The Morgan fingerprint density at radius 1 is 1.00 bits per heavy atom. The Morgan fingerprint density at radius 2 is 1.62 bits per heavy atom. The molecule has 1 fully saturated rings. The molecule has 0 aromatic heterocycles. The Morgan fingerprint density at radius 3 is 2.24 bits per heavy atom. The zero-order valence-electron chi connectivity index (χ0n) is 17.8. The Kier molecular flexibility index (Phi) is 7.27. The van der Waals surface area contributed by atoms with E-state index < -0.39 is 8.07 Å². The van der Waals surface area contributed by atoms with Crippen LogP contribution in [0.3, 0.4) is 0 Å². The van der Waals surface area contributed by atoms with Crippen molar-refractivity contribution in [2.45, 2.75) is 50.8 Å². The molecule has 2 aromatic rings. The van der Waals surface area contributed by atoms with Gasteiger partial charge in [-0.15, -0.1) is 0 Å². The van der Waals surface area contributed by atoms with Gasteiger partial charge >= 0.3 is 5.97 Å². The molecule has 4 nitrogen and oxygen atoms in total. The highest BCUT2D eigenvalue weighted by Gasteiger charge is 2.51. The lowest BCUT2D eigenvalue weighted by Crippen LogP contribution is -2.50. The minimum atomic E-state index is -1.89. The summed E-state index contributed by atoms with van der Waals surface area (Å²) in [6.07, 6.45) is 0.141. The van der Waals surface area contributed by atoms with Crippen LogP contribution >= 0.6 is 0 Å². The second-order valence-corrected chi connectivity index (χ2v) is 13.2. The van der Waals surface area contributed by atoms with Gasteiger partial charge in [-0.2, -0.15) is 0 Å². The molecule has 1 aliphatic rings. The molecular formula is C24H32O4Si. The average Bonchev–Trinajstić information content (AvgIpc) is 3.05. The number of benzene rings is 2. The number of rotatable bonds is 8. The predicted molar refractivity (Wildman–Crippen MR) is 118 cm³/mol. The lowest BCUT2D eigenvalue weighted by Gasteiger charge is -2.35. The molecular weight excluding hydrogens is 380 g/mol. The van der Waals surface area contributed by atoms with Gasteiger partial charge in [0.25, 0.3) is 0 Å². The lowest BCUT2D eigenvalue weighted by atomic mass is 10.00.